The number of carboxylic acid groups (broad SMARTS) is 1. The zero-order valence-electron chi connectivity index (χ0n) is 21.0. The smallest absolute Gasteiger partial charge is 0.391 e. The lowest BCUT2D eigenvalue weighted by Gasteiger charge is -2.31. The number of carboxylic acids is 1. The summed E-state index contributed by atoms with van der Waals surface area (Å²) in [6.07, 6.45) is -4.00. The fraction of sp³-hybridized carbons (Fsp3) is 0.360. The second kappa shape index (κ2) is 11.2. The van der Waals surface area contributed by atoms with Crippen molar-refractivity contribution in [2.24, 2.45) is 5.92 Å². The van der Waals surface area contributed by atoms with E-state index in [-0.39, 0.29) is 59.4 Å². The third-order valence-corrected chi connectivity index (χ3v) is 8.99. The van der Waals surface area contributed by atoms with E-state index in [2.05, 4.69) is 9.71 Å². The van der Waals surface area contributed by atoms with Gasteiger partial charge in [0.15, 0.2) is 16.6 Å². The Morgan fingerprint density at radius 3 is 2.35 bits per heavy atom. The van der Waals surface area contributed by atoms with Crippen LogP contribution in [0.5, 0.6) is 11.5 Å². The van der Waals surface area contributed by atoms with Crippen molar-refractivity contribution in [3.8, 4) is 22.1 Å². The molecule has 1 saturated carbocycles. The molecule has 3 aromatic rings. The zero-order chi connectivity index (χ0) is 29.4. The standard InChI is InChI=1S/C25H23F5N2O6S2/c1-37-19-9-16(24(33)34)17(26)10-18(19)32-40(35,36)20-11-39-23(31-20)15-8-7-14(22(38-2)21(15)27)12-3-5-13(6-4-12)25(28,29)30/h7-13,32H,3-6H2,1-2H3,(H,33,34)/t12-,13-. The van der Waals surface area contributed by atoms with Gasteiger partial charge in [0.1, 0.15) is 16.6 Å². The highest BCUT2D eigenvalue weighted by molar-refractivity contribution is 7.92. The maximum Gasteiger partial charge on any atom is 0.391 e. The number of alkyl halides is 3. The molecule has 8 nitrogen and oxygen atoms in total. The predicted octanol–water partition coefficient (Wildman–Crippen LogP) is 6.44. The van der Waals surface area contributed by atoms with Gasteiger partial charge in [0.2, 0.25) is 0 Å². The van der Waals surface area contributed by atoms with Crippen molar-refractivity contribution in [1.82, 2.24) is 4.98 Å². The van der Waals surface area contributed by atoms with Crippen LogP contribution < -0.4 is 14.2 Å². The molecule has 0 spiro atoms. The van der Waals surface area contributed by atoms with Crippen LogP contribution in [-0.4, -0.2) is 44.9 Å². The summed E-state index contributed by atoms with van der Waals surface area (Å²) in [6.45, 7) is 0. The minimum Gasteiger partial charge on any atom is -0.495 e. The second-order valence-corrected chi connectivity index (χ2v) is 11.6. The maximum atomic E-state index is 15.5. The molecule has 0 atom stereocenters. The van der Waals surface area contributed by atoms with Crippen LogP contribution >= 0.6 is 11.3 Å². The van der Waals surface area contributed by atoms with Crippen molar-refractivity contribution >= 4 is 33.0 Å². The largest absolute Gasteiger partial charge is 0.495 e. The van der Waals surface area contributed by atoms with Crippen LogP contribution in [-0.2, 0) is 10.0 Å². The monoisotopic (exact) mass is 606 g/mol. The molecule has 0 saturated heterocycles. The SMILES string of the molecule is COc1cc(C(=O)O)c(F)cc1NS(=O)(=O)c1csc(-c2ccc([C@H]3CC[C@H](C(F)(F)F)CC3)c(OC)c2F)n1. The Balaban J connectivity index is 1.60. The van der Waals surface area contributed by atoms with E-state index in [4.69, 9.17) is 14.6 Å². The third-order valence-electron chi connectivity index (χ3n) is 6.71. The number of hydrogen-bond acceptors (Lipinski definition) is 7. The third kappa shape index (κ3) is 5.84. The van der Waals surface area contributed by atoms with E-state index < -0.39 is 50.3 Å². The molecule has 15 heteroatoms. The molecule has 0 amide bonds. The first-order valence-electron chi connectivity index (χ1n) is 11.8. The Morgan fingerprint density at radius 2 is 1.77 bits per heavy atom. The van der Waals surface area contributed by atoms with E-state index in [0.29, 0.717) is 11.6 Å². The number of ether oxygens (including phenoxy) is 2. The average Bonchev–Trinajstić information content (AvgIpc) is 3.39. The number of thiazole rings is 1. The van der Waals surface area contributed by atoms with Crippen LogP contribution in [0, 0.1) is 17.6 Å². The van der Waals surface area contributed by atoms with Crippen LogP contribution in [0.25, 0.3) is 10.6 Å². The first kappa shape index (κ1) is 29.5. The van der Waals surface area contributed by atoms with Gasteiger partial charge in [-0.05, 0) is 43.7 Å². The van der Waals surface area contributed by atoms with Crippen molar-refractivity contribution in [2.45, 2.75) is 42.8 Å². The van der Waals surface area contributed by atoms with E-state index in [0.717, 1.165) is 29.9 Å². The van der Waals surface area contributed by atoms with Crippen LogP contribution in [0.2, 0.25) is 0 Å². The molecule has 0 radical (unpaired) electrons. The number of nitrogens with one attached hydrogen (secondary N) is 1. The Morgan fingerprint density at radius 1 is 1.10 bits per heavy atom. The Labute approximate surface area is 229 Å². The van der Waals surface area contributed by atoms with Crippen molar-refractivity contribution in [3.63, 3.8) is 0 Å². The fourth-order valence-electron chi connectivity index (χ4n) is 4.67. The minimum absolute atomic E-state index is 0.0251. The summed E-state index contributed by atoms with van der Waals surface area (Å²) < 4.78 is 107. The Kier molecular flexibility index (Phi) is 8.26. The van der Waals surface area contributed by atoms with Crippen LogP contribution in [0.1, 0.15) is 47.5 Å². The summed E-state index contributed by atoms with van der Waals surface area (Å²) >= 11 is 0.803. The lowest BCUT2D eigenvalue weighted by molar-refractivity contribution is -0.182. The van der Waals surface area contributed by atoms with Gasteiger partial charge in [-0.3, -0.25) is 4.72 Å². The van der Waals surface area contributed by atoms with Crippen molar-refractivity contribution in [2.75, 3.05) is 18.9 Å². The Hall–Kier alpha value is -3.46. The summed E-state index contributed by atoms with van der Waals surface area (Å²) in [7, 11) is -2.07. The number of halogens is 5. The fourth-order valence-corrected chi connectivity index (χ4v) is 6.84. The van der Waals surface area contributed by atoms with Crippen molar-refractivity contribution in [3.05, 3.63) is 52.4 Å². The molecule has 2 aromatic carbocycles. The van der Waals surface area contributed by atoms with Gasteiger partial charge in [-0.25, -0.2) is 18.6 Å². The number of aromatic nitrogens is 1. The van der Waals surface area contributed by atoms with Gasteiger partial charge in [-0.2, -0.15) is 21.6 Å². The van der Waals surface area contributed by atoms with Crippen LogP contribution in [0.3, 0.4) is 0 Å². The van der Waals surface area contributed by atoms with E-state index in [9.17, 15) is 30.8 Å². The molecule has 0 unspecified atom stereocenters. The van der Waals surface area contributed by atoms with Gasteiger partial charge in [-0.1, -0.05) is 6.07 Å². The first-order chi connectivity index (χ1) is 18.8. The van der Waals surface area contributed by atoms with Crippen molar-refractivity contribution in [1.29, 1.82) is 0 Å². The average molecular weight is 607 g/mol. The van der Waals surface area contributed by atoms with Gasteiger partial charge in [-0.15, -0.1) is 11.3 Å². The highest BCUT2D eigenvalue weighted by Crippen LogP contribution is 2.46. The number of nitrogens with zero attached hydrogens (tertiary/aromatic N) is 1. The zero-order valence-corrected chi connectivity index (χ0v) is 22.6. The second-order valence-electron chi connectivity index (χ2n) is 9.07. The number of methoxy groups -OCH3 is 2. The number of sulfonamides is 1. The molecule has 40 heavy (non-hydrogen) atoms. The molecule has 2 N–H and O–H groups in total. The number of carbonyl (C=O) groups is 1. The van der Waals surface area contributed by atoms with E-state index in [1.165, 1.54) is 13.2 Å². The quantitative estimate of drug-likeness (QED) is 0.284. The molecule has 0 aliphatic heterocycles. The maximum absolute atomic E-state index is 15.5. The molecule has 4 rings (SSSR count). The molecule has 1 aliphatic rings. The van der Waals surface area contributed by atoms with Crippen LogP contribution in [0.4, 0.5) is 27.6 Å². The minimum atomic E-state index is -4.44. The van der Waals surface area contributed by atoms with Gasteiger partial charge in [0, 0.05) is 17.0 Å². The molecular formula is C25H23F5N2O6S2. The van der Waals surface area contributed by atoms with E-state index in [1.807, 2.05) is 0 Å². The van der Waals surface area contributed by atoms with Crippen LogP contribution in [0.15, 0.2) is 34.7 Å². The van der Waals surface area contributed by atoms with Gasteiger partial charge in [0.25, 0.3) is 10.0 Å². The predicted molar refractivity (Wildman–Crippen MR) is 136 cm³/mol. The normalized spacial score (nSPS) is 17.9. The number of anilines is 1. The molecule has 0 bridgehead atoms. The lowest BCUT2D eigenvalue weighted by Crippen LogP contribution is -2.27. The summed E-state index contributed by atoms with van der Waals surface area (Å²) in [4.78, 5) is 15.2. The van der Waals surface area contributed by atoms with Gasteiger partial charge >= 0.3 is 12.1 Å². The van der Waals surface area contributed by atoms with Gasteiger partial charge < -0.3 is 14.6 Å². The number of rotatable bonds is 8. The summed E-state index contributed by atoms with van der Waals surface area (Å²) in [5, 5.41) is 9.65. The van der Waals surface area contributed by atoms with E-state index >= 15 is 4.39 Å². The summed E-state index contributed by atoms with van der Waals surface area (Å²) in [6, 6.07) is 4.38. The lowest BCUT2D eigenvalue weighted by atomic mass is 9.78. The number of aromatic carboxylic acids is 1. The summed E-state index contributed by atoms with van der Waals surface area (Å²) in [5.74, 6) is -5.75. The molecule has 1 fully saturated rings. The summed E-state index contributed by atoms with van der Waals surface area (Å²) in [5.41, 5.74) is -0.756. The first-order valence-corrected chi connectivity index (χ1v) is 14.2. The van der Waals surface area contributed by atoms with E-state index in [1.54, 1.807) is 6.07 Å². The van der Waals surface area contributed by atoms with Gasteiger partial charge in [0.05, 0.1) is 37.0 Å². The number of hydrogen-bond donors (Lipinski definition) is 2. The molecule has 216 valence electrons. The molecular weight excluding hydrogens is 583 g/mol. The Bertz CT molecular complexity index is 1530. The van der Waals surface area contributed by atoms with Crippen molar-refractivity contribution < 1.29 is 49.7 Å². The highest BCUT2D eigenvalue weighted by Gasteiger charge is 2.42. The number of benzene rings is 2. The topological polar surface area (TPSA) is 115 Å². The highest BCUT2D eigenvalue weighted by atomic mass is 32.2. The molecule has 1 aliphatic carbocycles. The molecule has 1 heterocycles. The molecule has 1 aromatic heterocycles.